The first kappa shape index (κ1) is 16.4. The van der Waals surface area contributed by atoms with Crippen LogP contribution in [-0.4, -0.2) is 57.6 Å². The topological polar surface area (TPSA) is 78.5 Å². The Morgan fingerprint density at radius 3 is 2.74 bits per heavy atom. The Morgan fingerprint density at radius 1 is 1.47 bits per heavy atom. The molecule has 1 saturated heterocycles. The second kappa shape index (κ2) is 7.81. The Morgan fingerprint density at radius 2 is 2.21 bits per heavy atom. The lowest BCUT2D eigenvalue weighted by molar-refractivity contribution is -0.121. The van der Waals surface area contributed by atoms with E-state index in [0.717, 1.165) is 19.5 Å². The van der Waals surface area contributed by atoms with Gasteiger partial charge in [-0.05, 0) is 31.8 Å². The fourth-order valence-corrected chi connectivity index (χ4v) is 3.19. The summed E-state index contributed by atoms with van der Waals surface area (Å²) in [6.07, 6.45) is 3.49. The summed E-state index contributed by atoms with van der Waals surface area (Å²) in [5.74, 6) is 0.513. The molecule has 0 spiro atoms. The van der Waals surface area contributed by atoms with E-state index >= 15 is 0 Å². The van der Waals surface area contributed by atoms with E-state index in [2.05, 4.69) is 10.6 Å². The largest absolute Gasteiger partial charge is 0.356 e. The van der Waals surface area contributed by atoms with E-state index in [0.29, 0.717) is 38.4 Å². The van der Waals surface area contributed by atoms with Crippen LogP contribution in [0.25, 0.3) is 0 Å². The fourth-order valence-electron chi connectivity index (χ4n) is 2.26. The third-order valence-electron chi connectivity index (χ3n) is 3.36. The molecule has 1 amide bonds. The number of rotatable bonds is 8. The highest BCUT2D eigenvalue weighted by molar-refractivity contribution is 7.88. The van der Waals surface area contributed by atoms with Gasteiger partial charge in [-0.25, -0.2) is 12.7 Å². The van der Waals surface area contributed by atoms with Gasteiger partial charge < -0.3 is 10.6 Å². The lowest BCUT2D eigenvalue weighted by Gasteiger charge is -2.17. The van der Waals surface area contributed by atoms with Gasteiger partial charge in [-0.3, -0.25) is 4.79 Å². The molecule has 7 heteroatoms. The van der Waals surface area contributed by atoms with Crippen LogP contribution >= 0.6 is 0 Å². The predicted molar refractivity (Wildman–Crippen MR) is 75.3 cm³/mol. The normalized spacial score (nSPS) is 19.8. The van der Waals surface area contributed by atoms with Gasteiger partial charge in [-0.2, -0.15) is 0 Å². The van der Waals surface area contributed by atoms with Gasteiger partial charge in [-0.15, -0.1) is 0 Å². The lowest BCUT2D eigenvalue weighted by Crippen LogP contribution is -2.34. The molecular weight excluding hydrogens is 266 g/mol. The minimum absolute atomic E-state index is 0.0658. The van der Waals surface area contributed by atoms with Crippen LogP contribution in [-0.2, 0) is 14.8 Å². The smallest absolute Gasteiger partial charge is 0.220 e. The van der Waals surface area contributed by atoms with E-state index < -0.39 is 10.0 Å². The number of sulfonamides is 1. The maximum absolute atomic E-state index is 11.6. The van der Waals surface area contributed by atoms with E-state index in [1.165, 1.54) is 10.6 Å². The molecule has 0 saturated carbocycles. The summed E-state index contributed by atoms with van der Waals surface area (Å²) in [4.78, 5) is 11.6. The molecule has 0 bridgehead atoms. The van der Waals surface area contributed by atoms with E-state index in [9.17, 15) is 13.2 Å². The molecule has 19 heavy (non-hydrogen) atoms. The van der Waals surface area contributed by atoms with Gasteiger partial charge >= 0.3 is 0 Å². The van der Waals surface area contributed by atoms with Crippen LogP contribution in [0.4, 0.5) is 0 Å². The first-order valence-electron chi connectivity index (χ1n) is 6.86. The minimum atomic E-state index is -3.12. The minimum Gasteiger partial charge on any atom is -0.356 e. The molecule has 0 radical (unpaired) electrons. The van der Waals surface area contributed by atoms with Crippen molar-refractivity contribution >= 4 is 15.9 Å². The van der Waals surface area contributed by atoms with Gasteiger partial charge in [0.1, 0.15) is 0 Å². The lowest BCUT2D eigenvalue weighted by atomic mass is 10.0. The third-order valence-corrected chi connectivity index (χ3v) is 4.74. The molecule has 1 aliphatic heterocycles. The van der Waals surface area contributed by atoms with Crippen LogP contribution in [0.5, 0.6) is 0 Å². The van der Waals surface area contributed by atoms with E-state index in [1.54, 1.807) is 0 Å². The maximum atomic E-state index is 11.6. The van der Waals surface area contributed by atoms with Crippen LogP contribution in [0.15, 0.2) is 0 Å². The summed E-state index contributed by atoms with van der Waals surface area (Å²) in [7, 11) is -3.12. The van der Waals surface area contributed by atoms with Crippen molar-refractivity contribution in [3.8, 4) is 0 Å². The van der Waals surface area contributed by atoms with Crippen molar-refractivity contribution in [1.82, 2.24) is 14.9 Å². The van der Waals surface area contributed by atoms with Crippen molar-refractivity contribution in [2.45, 2.75) is 26.2 Å². The number of nitrogens with one attached hydrogen (secondary N) is 2. The quantitative estimate of drug-likeness (QED) is 0.606. The van der Waals surface area contributed by atoms with Crippen molar-refractivity contribution in [3.05, 3.63) is 0 Å². The number of carbonyl (C=O) groups excluding carboxylic acids is 1. The van der Waals surface area contributed by atoms with Crippen LogP contribution < -0.4 is 10.6 Å². The molecule has 2 N–H and O–H groups in total. The average molecular weight is 291 g/mol. The molecular formula is C12H25N3O3S. The summed E-state index contributed by atoms with van der Waals surface area (Å²) in [6, 6.07) is 0. The molecule has 0 aromatic carbocycles. The van der Waals surface area contributed by atoms with Gasteiger partial charge in [0.05, 0.1) is 6.26 Å². The number of carbonyl (C=O) groups is 1. The van der Waals surface area contributed by atoms with Gasteiger partial charge in [0.25, 0.3) is 0 Å². The SMILES string of the molecule is CCN(CCCNC(=O)CC1CCNC1)S(C)(=O)=O. The summed E-state index contributed by atoms with van der Waals surface area (Å²) >= 11 is 0. The first-order chi connectivity index (χ1) is 8.93. The van der Waals surface area contributed by atoms with Crippen molar-refractivity contribution < 1.29 is 13.2 Å². The van der Waals surface area contributed by atoms with Crippen molar-refractivity contribution in [2.24, 2.45) is 5.92 Å². The summed E-state index contributed by atoms with van der Waals surface area (Å²) in [5, 5.41) is 6.08. The summed E-state index contributed by atoms with van der Waals surface area (Å²) in [6.45, 7) is 5.20. The molecule has 1 atom stereocenters. The van der Waals surface area contributed by atoms with Crippen LogP contribution in [0.3, 0.4) is 0 Å². The monoisotopic (exact) mass is 291 g/mol. The van der Waals surface area contributed by atoms with E-state index in [-0.39, 0.29) is 5.91 Å². The second-order valence-electron chi connectivity index (χ2n) is 5.02. The Bertz CT molecular complexity index is 378. The third kappa shape index (κ3) is 6.35. The number of hydrogen-bond donors (Lipinski definition) is 2. The highest BCUT2D eigenvalue weighted by Gasteiger charge is 2.18. The zero-order valence-corrected chi connectivity index (χ0v) is 12.6. The number of nitrogens with zero attached hydrogens (tertiary/aromatic N) is 1. The zero-order chi connectivity index (χ0) is 14.3. The molecule has 6 nitrogen and oxygen atoms in total. The van der Waals surface area contributed by atoms with Crippen molar-refractivity contribution in [1.29, 1.82) is 0 Å². The fraction of sp³-hybridized carbons (Fsp3) is 0.917. The Labute approximate surface area is 116 Å². The average Bonchev–Trinajstić information content (AvgIpc) is 2.80. The molecule has 0 aromatic rings. The Kier molecular flexibility index (Phi) is 6.74. The van der Waals surface area contributed by atoms with Gasteiger partial charge in [0.15, 0.2) is 0 Å². The van der Waals surface area contributed by atoms with E-state index in [1.807, 2.05) is 6.92 Å². The van der Waals surface area contributed by atoms with Crippen LogP contribution in [0.2, 0.25) is 0 Å². The first-order valence-corrected chi connectivity index (χ1v) is 8.71. The number of hydrogen-bond acceptors (Lipinski definition) is 4. The molecule has 1 aliphatic rings. The molecule has 1 rings (SSSR count). The van der Waals surface area contributed by atoms with Crippen LogP contribution in [0.1, 0.15) is 26.2 Å². The Hall–Kier alpha value is -0.660. The summed E-state index contributed by atoms with van der Waals surface area (Å²) in [5.41, 5.74) is 0. The highest BCUT2D eigenvalue weighted by Crippen LogP contribution is 2.11. The standard InChI is InChI=1S/C12H25N3O3S/c1-3-15(19(2,17)18)8-4-6-14-12(16)9-11-5-7-13-10-11/h11,13H,3-10H2,1-2H3,(H,14,16). The molecule has 1 unspecified atom stereocenters. The molecule has 112 valence electrons. The van der Waals surface area contributed by atoms with Gasteiger partial charge in [0.2, 0.25) is 15.9 Å². The summed E-state index contributed by atoms with van der Waals surface area (Å²) < 4.78 is 24.1. The van der Waals surface area contributed by atoms with Crippen LogP contribution in [0, 0.1) is 5.92 Å². The second-order valence-corrected chi connectivity index (χ2v) is 7.00. The number of amides is 1. The Balaban J connectivity index is 2.14. The molecule has 0 aliphatic carbocycles. The molecule has 1 heterocycles. The van der Waals surface area contributed by atoms with Gasteiger partial charge in [-0.1, -0.05) is 6.92 Å². The van der Waals surface area contributed by atoms with E-state index in [4.69, 9.17) is 0 Å². The molecule has 0 aromatic heterocycles. The maximum Gasteiger partial charge on any atom is 0.220 e. The zero-order valence-electron chi connectivity index (χ0n) is 11.8. The highest BCUT2D eigenvalue weighted by atomic mass is 32.2. The molecule has 1 fully saturated rings. The van der Waals surface area contributed by atoms with Crippen molar-refractivity contribution in [3.63, 3.8) is 0 Å². The van der Waals surface area contributed by atoms with Gasteiger partial charge in [0, 0.05) is 26.1 Å². The van der Waals surface area contributed by atoms with Crippen molar-refractivity contribution in [2.75, 3.05) is 39.0 Å². The predicted octanol–water partition coefficient (Wildman–Crippen LogP) is -0.226.